The lowest BCUT2D eigenvalue weighted by molar-refractivity contribution is 0.371. The molecule has 0 spiro atoms. The number of hydrogen-bond acceptors (Lipinski definition) is 3. The molecule has 0 aromatic heterocycles. The highest BCUT2D eigenvalue weighted by Gasteiger charge is 2.33. The molecule has 3 nitrogen and oxygen atoms in total. The van der Waals surface area contributed by atoms with Crippen molar-refractivity contribution in [2.75, 3.05) is 6.54 Å². The lowest BCUT2D eigenvalue weighted by Gasteiger charge is -2.36. The van der Waals surface area contributed by atoms with Crippen LogP contribution < -0.4 is 0 Å². The Bertz CT molecular complexity index is 327. The van der Waals surface area contributed by atoms with Crippen LogP contribution in [-0.4, -0.2) is 20.0 Å². The maximum atomic E-state index is 9.85. The van der Waals surface area contributed by atoms with Gasteiger partial charge >= 0.3 is 0 Å². The van der Waals surface area contributed by atoms with Crippen molar-refractivity contribution in [2.24, 2.45) is 0 Å². The third kappa shape index (κ3) is 1.26. The lowest BCUT2D eigenvalue weighted by Crippen LogP contribution is -2.20. The Labute approximate surface area is 79.5 Å². The minimum absolute atomic E-state index is 0.628. The zero-order valence-corrected chi connectivity index (χ0v) is 8.21. The largest absolute Gasteiger partial charge is 0.281 e. The molecule has 0 bridgehead atoms. The predicted octanol–water partition coefficient (Wildman–Crippen LogP) is 2.35. The van der Waals surface area contributed by atoms with Crippen LogP contribution in [0.1, 0.15) is 12.5 Å². The van der Waals surface area contributed by atoms with Crippen molar-refractivity contribution in [1.82, 2.24) is 4.31 Å². The molecule has 2 rings (SSSR count). The third-order valence-electron chi connectivity index (χ3n) is 2.27. The van der Waals surface area contributed by atoms with Gasteiger partial charge in [-0.05, 0) is 17.7 Å². The van der Waals surface area contributed by atoms with E-state index >= 15 is 0 Å². The second kappa shape index (κ2) is 2.99. The van der Waals surface area contributed by atoms with E-state index in [1.165, 1.54) is 0 Å². The molecule has 0 saturated carbocycles. The summed E-state index contributed by atoms with van der Waals surface area (Å²) in [7, 11) is -2.69. The molecule has 1 aromatic rings. The molecule has 71 valence electrons. The van der Waals surface area contributed by atoms with Crippen LogP contribution in [0.5, 0.6) is 0 Å². The molecule has 0 fully saturated rings. The van der Waals surface area contributed by atoms with Gasteiger partial charge in [-0.25, -0.2) is 0 Å². The second-order valence-corrected chi connectivity index (χ2v) is 5.00. The number of benzene rings is 1. The standard InChI is InChI=1S/C9H12NO2S/c1-2-10-7-8-5-3-4-6-9(8)13(10,11)12/h3,5-6,11-12H,2,7H2,1H3. The molecule has 0 saturated heterocycles. The van der Waals surface area contributed by atoms with Gasteiger partial charge in [0.25, 0.3) is 0 Å². The molecule has 4 heteroatoms. The Balaban J connectivity index is 2.47. The average molecular weight is 198 g/mol. The third-order valence-corrected chi connectivity index (χ3v) is 4.34. The van der Waals surface area contributed by atoms with Crippen molar-refractivity contribution < 1.29 is 9.11 Å². The Kier molecular flexibility index (Phi) is 2.08. The first-order chi connectivity index (χ1) is 6.16. The Morgan fingerprint density at radius 3 is 3.00 bits per heavy atom. The molecule has 1 heterocycles. The van der Waals surface area contributed by atoms with Crippen molar-refractivity contribution in [3.8, 4) is 0 Å². The van der Waals surface area contributed by atoms with Gasteiger partial charge in [0.15, 0.2) is 0 Å². The monoisotopic (exact) mass is 198 g/mol. The maximum Gasteiger partial charge on any atom is 0.0804 e. The van der Waals surface area contributed by atoms with Crippen LogP contribution in [0.25, 0.3) is 0 Å². The molecule has 0 atom stereocenters. The number of nitrogens with zero attached hydrogens (tertiary/aromatic N) is 1. The maximum absolute atomic E-state index is 9.85. The number of rotatable bonds is 1. The van der Waals surface area contributed by atoms with Crippen LogP contribution in [0.2, 0.25) is 0 Å². The molecule has 1 aliphatic rings. The fraction of sp³-hybridized carbons (Fsp3) is 0.333. The summed E-state index contributed by atoms with van der Waals surface area (Å²) in [5, 5.41) is 0. The fourth-order valence-corrected chi connectivity index (χ4v) is 3.21. The van der Waals surface area contributed by atoms with Crippen molar-refractivity contribution in [2.45, 2.75) is 18.4 Å². The van der Waals surface area contributed by atoms with Gasteiger partial charge in [-0.3, -0.25) is 9.11 Å². The van der Waals surface area contributed by atoms with E-state index in [1.807, 2.05) is 13.0 Å². The topological polar surface area (TPSA) is 43.7 Å². The van der Waals surface area contributed by atoms with Crippen molar-refractivity contribution >= 4 is 10.8 Å². The highest BCUT2D eigenvalue weighted by Crippen LogP contribution is 2.58. The molecular weight excluding hydrogens is 186 g/mol. The Hall–Kier alpha value is -0.550. The first-order valence-electron chi connectivity index (χ1n) is 4.18. The van der Waals surface area contributed by atoms with Crippen LogP contribution in [-0.2, 0) is 6.54 Å². The first-order valence-corrected chi connectivity index (χ1v) is 5.69. The van der Waals surface area contributed by atoms with Crippen LogP contribution in [0.15, 0.2) is 23.1 Å². The summed E-state index contributed by atoms with van der Waals surface area (Å²) in [5.41, 5.74) is 1.00. The van der Waals surface area contributed by atoms with Gasteiger partial charge in [0.1, 0.15) is 0 Å². The van der Waals surface area contributed by atoms with Crippen molar-refractivity contribution in [3.05, 3.63) is 29.8 Å². The second-order valence-electron chi connectivity index (χ2n) is 3.01. The van der Waals surface area contributed by atoms with Gasteiger partial charge < -0.3 is 0 Å². The number of hydrogen-bond donors (Lipinski definition) is 2. The zero-order chi connectivity index (χ0) is 9.47. The van der Waals surface area contributed by atoms with E-state index in [0.717, 1.165) is 5.56 Å². The van der Waals surface area contributed by atoms with Crippen LogP contribution in [0.3, 0.4) is 0 Å². The summed E-state index contributed by atoms with van der Waals surface area (Å²) in [5.74, 6) is 0. The zero-order valence-electron chi connectivity index (χ0n) is 7.40. The molecule has 0 aliphatic carbocycles. The van der Waals surface area contributed by atoms with E-state index in [0.29, 0.717) is 18.0 Å². The van der Waals surface area contributed by atoms with E-state index in [1.54, 1.807) is 16.4 Å². The fourth-order valence-electron chi connectivity index (χ4n) is 1.54. The lowest BCUT2D eigenvalue weighted by atomic mass is 10.2. The van der Waals surface area contributed by atoms with Crippen LogP contribution >= 0.6 is 10.8 Å². The Morgan fingerprint density at radius 2 is 2.38 bits per heavy atom. The minimum atomic E-state index is -2.69. The summed E-state index contributed by atoms with van der Waals surface area (Å²) >= 11 is 0. The molecule has 13 heavy (non-hydrogen) atoms. The van der Waals surface area contributed by atoms with E-state index in [-0.39, 0.29) is 0 Å². The minimum Gasteiger partial charge on any atom is -0.281 e. The van der Waals surface area contributed by atoms with E-state index in [9.17, 15) is 9.11 Å². The van der Waals surface area contributed by atoms with Gasteiger partial charge in [0.05, 0.1) is 4.90 Å². The average Bonchev–Trinajstić information content (AvgIpc) is 2.39. The van der Waals surface area contributed by atoms with Gasteiger partial charge in [0, 0.05) is 13.1 Å². The van der Waals surface area contributed by atoms with Gasteiger partial charge in [-0.1, -0.05) is 19.1 Å². The summed E-state index contributed by atoms with van der Waals surface area (Å²) in [6, 6.07) is 8.22. The first kappa shape index (κ1) is 9.02. The van der Waals surface area contributed by atoms with E-state index in [4.69, 9.17) is 0 Å². The Morgan fingerprint density at radius 1 is 1.62 bits per heavy atom. The smallest absolute Gasteiger partial charge is 0.0804 e. The van der Waals surface area contributed by atoms with Gasteiger partial charge in [0.2, 0.25) is 0 Å². The van der Waals surface area contributed by atoms with E-state index < -0.39 is 10.8 Å². The van der Waals surface area contributed by atoms with Crippen LogP contribution in [0.4, 0.5) is 0 Å². The predicted molar refractivity (Wildman–Crippen MR) is 52.5 cm³/mol. The van der Waals surface area contributed by atoms with Crippen molar-refractivity contribution in [3.63, 3.8) is 0 Å². The summed E-state index contributed by atoms with van der Waals surface area (Å²) in [6.07, 6.45) is 0. The van der Waals surface area contributed by atoms with Gasteiger partial charge in [-0.15, -0.1) is 10.8 Å². The molecule has 0 amide bonds. The molecule has 2 N–H and O–H groups in total. The summed E-state index contributed by atoms with van der Waals surface area (Å²) in [6.45, 7) is 3.20. The molecule has 1 aromatic carbocycles. The molecule has 1 aliphatic heterocycles. The van der Waals surface area contributed by atoms with Crippen molar-refractivity contribution in [1.29, 1.82) is 0 Å². The SMILES string of the molecule is CCN1Cc2cc[c]cc2S1(O)O. The van der Waals surface area contributed by atoms with E-state index in [2.05, 4.69) is 6.07 Å². The quantitative estimate of drug-likeness (QED) is 0.728. The highest BCUT2D eigenvalue weighted by molar-refractivity contribution is 8.22. The molecule has 0 unspecified atom stereocenters. The number of fused-ring (bicyclic) bond motifs is 1. The summed E-state index contributed by atoms with van der Waals surface area (Å²) < 4.78 is 21.4. The highest BCUT2D eigenvalue weighted by atomic mass is 32.3. The normalized spacial score (nSPS) is 22.7. The van der Waals surface area contributed by atoms with Crippen LogP contribution in [0, 0.1) is 6.07 Å². The molecular formula is C9H12NO2S. The summed E-state index contributed by atoms with van der Waals surface area (Å²) in [4.78, 5) is 0.636. The van der Waals surface area contributed by atoms with Gasteiger partial charge in [-0.2, -0.15) is 4.31 Å². The molecule has 1 radical (unpaired) electrons.